The molecule has 1 heterocycles. The van der Waals surface area contributed by atoms with E-state index >= 15 is 0 Å². The summed E-state index contributed by atoms with van der Waals surface area (Å²) in [6.07, 6.45) is 3.11. The molecule has 0 bridgehead atoms. The lowest BCUT2D eigenvalue weighted by molar-refractivity contribution is 0.800. The van der Waals surface area contributed by atoms with Gasteiger partial charge in [-0.05, 0) is 48.9 Å². The molecule has 1 nitrogen and oxygen atoms in total. The third kappa shape index (κ3) is 1.39. The summed E-state index contributed by atoms with van der Waals surface area (Å²) < 4.78 is 0. The number of rotatable bonds is 0. The molecule has 0 aromatic heterocycles. The fourth-order valence-electron chi connectivity index (χ4n) is 1.77. The fraction of sp³-hybridized carbons (Fsp3) is 0.417. The summed E-state index contributed by atoms with van der Waals surface area (Å²) in [6.45, 7) is 6.57. The number of nitrogens with zero attached hydrogens (tertiary/aromatic N) is 1. The smallest absolute Gasteiger partial charge is 0.0663 e. The molecule has 0 spiro atoms. The Bertz CT molecular complexity index is 364. The van der Waals surface area contributed by atoms with Crippen molar-refractivity contribution < 1.29 is 0 Å². The van der Waals surface area contributed by atoms with Crippen LogP contribution in [0, 0.1) is 13.8 Å². The van der Waals surface area contributed by atoms with Crippen molar-refractivity contribution in [3.8, 4) is 0 Å². The van der Waals surface area contributed by atoms with E-state index in [9.17, 15) is 0 Å². The minimum atomic E-state index is 0.631. The molecule has 13 heavy (non-hydrogen) atoms. The van der Waals surface area contributed by atoms with Crippen molar-refractivity contribution in [2.75, 3.05) is 0 Å². The Morgan fingerprint density at radius 1 is 1.23 bits per heavy atom. The van der Waals surface area contributed by atoms with Gasteiger partial charge in [-0.1, -0.05) is 13.0 Å². The lowest BCUT2D eigenvalue weighted by Crippen LogP contribution is -2.01. The van der Waals surface area contributed by atoms with Crippen LogP contribution in [0.25, 0.3) is 0 Å². The van der Waals surface area contributed by atoms with E-state index < -0.39 is 0 Å². The topological polar surface area (TPSA) is 12.4 Å². The minimum absolute atomic E-state index is 0.631. The van der Waals surface area contributed by atoms with Crippen LogP contribution >= 0.6 is 0 Å². The van der Waals surface area contributed by atoms with E-state index in [1.807, 2.05) is 6.21 Å². The largest absolute Gasteiger partial charge is 0.261 e. The number of hydrogen-bond donors (Lipinski definition) is 0. The number of hydrogen-bond acceptors (Lipinski definition) is 1. The Morgan fingerprint density at radius 3 is 2.69 bits per heavy atom. The van der Waals surface area contributed by atoms with Crippen molar-refractivity contribution in [3.63, 3.8) is 0 Å². The summed E-state index contributed by atoms with van der Waals surface area (Å²) in [4.78, 5) is 4.42. The van der Waals surface area contributed by atoms with Gasteiger partial charge in [0.1, 0.15) is 0 Å². The van der Waals surface area contributed by atoms with Gasteiger partial charge in [0.2, 0.25) is 0 Å². The van der Waals surface area contributed by atoms with Gasteiger partial charge >= 0.3 is 0 Å². The van der Waals surface area contributed by atoms with Crippen molar-refractivity contribution in [3.05, 3.63) is 28.8 Å². The first-order valence-corrected chi connectivity index (χ1v) is 4.82. The summed E-state index contributed by atoms with van der Waals surface area (Å²) in [5.41, 5.74) is 5.29. The first kappa shape index (κ1) is 8.49. The van der Waals surface area contributed by atoms with Crippen LogP contribution in [0.4, 0.5) is 5.69 Å². The average Bonchev–Trinajstić information content (AvgIpc) is 2.09. The van der Waals surface area contributed by atoms with E-state index in [4.69, 9.17) is 0 Å². The molecule has 0 N–H and O–H groups in total. The van der Waals surface area contributed by atoms with Crippen LogP contribution in [0.15, 0.2) is 17.1 Å². The van der Waals surface area contributed by atoms with Gasteiger partial charge in [0.15, 0.2) is 0 Å². The van der Waals surface area contributed by atoms with Crippen LogP contribution in [-0.4, -0.2) is 6.21 Å². The lowest BCUT2D eigenvalue weighted by Gasteiger charge is -2.18. The number of benzene rings is 1. The normalized spacial score (nSPS) is 20.1. The highest BCUT2D eigenvalue weighted by atomic mass is 14.7. The van der Waals surface area contributed by atoms with E-state index in [0.29, 0.717) is 5.92 Å². The molecule has 2 rings (SSSR count). The fourth-order valence-corrected chi connectivity index (χ4v) is 1.77. The predicted molar refractivity (Wildman–Crippen MR) is 57.1 cm³/mol. The number of fused-ring (bicyclic) bond motifs is 1. The molecule has 1 heteroatoms. The molecule has 1 aliphatic heterocycles. The van der Waals surface area contributed by atoms with Gasteiger partial charge in [0.05, 0.1) is 5.69 Å². The lowest BCUT2D eigenvalue weighted by atomic mass is 9.91. The van der Waals surface area contributed by atoms with E-state index in [1.54, 1.807) is 0 Å². The third-order valence-corrected chi connectivity index (χ3v) is 2.86. The average molecular weight is 173 g/mol. The molecule has 0 aliphatic carbocycles. The van der Waals surface area contributed by atoms with Crippen LogP contribution in [0.2, 0.25) is 0 Å². The molecule has 0 amide bonds. The quantitative estimate of drug-likeness (QED) is 0.569. The zero-order valence-corrected chi connectivity index (χ0v) is 8.46. The van der Waals surface area contributed by atoms with Crippen LogP contribution in [-0.2, 0) is 0 Å². The molecule has 0 saturated heterocycles. The molecule has 0 radical (unpaired) electrons. The van der Waals surface area contributed by atoms with Crippen LogP contribution < -0.4 is 0 Å². The third-order valence-electron chi connectivity index (χ3n) is 2.86. The molecular formula is C12H15N. The van der Waals surface area contributed by atoms with Crippen molar-refractivity contribution in [1.29, 1.82) is 0 Å². The maximum atomic E-state index is 4.42. The highest BCUT2D eigenvalue weighted by Crippen LogP contribution is 2.34. The second kappa shape index (κ2) is 2.99. The van der Waals surface area contributed by atoms with Crippen molar-refractivity contribution in [1.82, 2.24) is 0 Å². The molecule has 68 valence electrons. The Labute approximate surface area is 79.5 Å². The van der Waals surface area contributed by atoms with Gasteiger partial charge in [-0.25, -0.2) is 0 Å². The van der Waals surface area contributed by atoms with Crippen LogP contribution in [0.3, 0.4) is 0 Å². The maximum absolute atomic E-state index is 4.42. The van der Waals surface area contributed by atoms with E-state index in [0.717, 1.165) is 6.42 Å². The minimum Gasteiger partial charge on any atom is -0.261 e. The van der Waals surface area contributed by atoms with Crippen molar-refractivity contribution in [2.45, 2.75) is 33.1 Å². The van der Waals surface area contributed by atoms with Crippen LogP contribution in [0.5, 0.6) is 0 Å². The van der Waals surface area contributed by atoms with E-state index in [1.165, 1.54) is 22.4 Å². The summed E-state index contributed by atoms with van der Waals surface area (Å²) in [5.74, 6) is 0.631. The monoisotopic (exact) mass is 173 g/mol. The SMILES string of the molecule is Cc1cc2c(cc1C)C(C)CC=N2. The number of aryl methyl sites for hydroxylation is 2. The summed E-state index contributed by atoms with van der Waals surface area (Å²) in [7, 11) is 0. The number of aliphatic imine (C=N–C) groups is 1. The van der Waals surface area contributed by atoms with Gasteiger partial charge < -0.3 is 0 Å². The second-order valence-electron chi connectivity index (χ2n) is 3.94. The standard InChI is InChI=1S/C12H15N/c1-8-4-5-13-12-7-10(3)9(2)6-11(8)12/h5-8H,4H2,1-3H3. The highest BCUT2D eigenvalue weighted by Gasteiger charge is 2.14. The Balaban J connectivity index is 2.60. The molecule has 1 aliphatic rings. The van der Waals surface area contributed by atoms with Crippen LogP contribution in [0.1, 0.15) is 36.0 Å². The molecule has 1 aromatic rings. The van der Waals surface area contributed by atoms with Crippen molar-refractivity contribution >= 4 is 11.9 Å². The van der Waals surface area contributed by atoms with Gasteiger partial charge in [-0.15, -0.1) is 0 Å². The highest BCUT2D eigenvalue weighted by molar-refractivity contribution is 5.71. The van der Waals surface area contributed by atoms with Gasteiger partial charge in [0, 0.05) is 6.21 Å². The Kier molecular flexibility index (Phi) is 1.95. The summed E-state index contributed by atoms with van der Waals surface area (Å²) in [6, 6.07) is 4.47. The second-order valence-corrected chi connectivity index (χ2v) is 3.94. The molecule has 0 fully saturated rings. The first-order chi connectivity index (χ1) is 6.18. The Morgan fingerprint density at radius 2 is 1.92 bits per heavy atom. The molecular weight excluding hydrogens is 158 g/mol. The van der Waals surface area contributed by atoms with Gasteiger partial charge in [0.25, 0.3) is 0 Å². The Hall–Kier alpha value is -1.11. The predicted octanol–water partition coefficient (Wildman–Crippen LogP) is 3.51. The summed E-state index contributed by atoms with van der Waals surface area (Å²) in [5, 5.41) is 0. The zero-order chi connectivity index (χ0) is 9.42. The molecule has 0 saturated carbocycles. The van der Waals surface area contributed by atoms with Crippen molar-refractivity contribution in [2.24, 2.45) is 4.99 Å². The molecule has 1 aromatic carbocycles. The molecule has 1 atom stereocenters. The zero-order valence-electron chi connectivity index (χ0n) is 8.46. The van der Waals surface area contributed by atoms with E-state index in [2.05, 4.69) is 37.9 Å². The van der Waals surface area contributed by atoms with Gasteiger partial charge in [-0.2, -0.15) is 0 Å². The van der Waals surface area contributed by atoms with Gasteiger partial charge in [-0.3, -0.25) is 4.99 Å². The first-order valence-electron chi connectivity index (χ1n) is 4.82. The maximum Gasteiger partial charge on any atom is 0.0663 e. The summed E-state index contributed by atoms with van der Waals surface area (Å²) >= 11 is 0. The molecule has 1 unspecified atom stereocenters. The van der Waals surface area contributed by atoms with E-state index in [-0.39, 0.29) is 0 Å².